The Hall–Kier alpha value is -1.40. The van der Waals surface area contributed by atoms with Gasteiger partial charge in [-0.1, -0.05) is 0 Å². The van der Waals surface area contributed by atoms with E-state index in [4.69, 9.17) is 5.73 Å². The van der Waals surface area contributed by atoms with E-state index in [1.165, 1.54) is 12.1 Å². The molecule has 0 radical (unpaired) electrons. The van der Waals surface area contributed by atoms with E-state index in [9.17, 15) is 4.39 Å². The number of nitrogen functional groups attached to an aromatic ring is 1. The fourth-order valence-electron chi connectivity index (χ4n) is 2.06. The number of pyridine rings is 1. The molecule has 0 bridgehead atoms. The van der Waals surface area contributed by atoms with E-state index in [-0.39, 0.29) is 5.82 Å². The van der Waals surface area contributed by atoms with Crippen molar-refractivity contribution >= 4 is 43.3 Å². The van der Waals surface area contributed by atoms with Crippen molar-refractivity contribution in [1.82, 2.24) is 9.38 Å². The van der Waals surface area contributed by atoms with Gasteiger partial charge in [0.1, 0.15) is 23.0 Å². The fraction of sp³-hybridized carbons (Fsp3) is 0.0714. The van der Waals surface area contributed by atoms with Crippen LogP contribution in [0.2, 0.25) is 0 Å². The highest BCUT2D eigenvalue weighted by atomic mass is 79.9. The Morgan fingerprint density at radius 1 is 1.20 bits per heavy atom. The van der Waals surface area contributed by atoms with Crippen LogP contribution in [0.3, 0.4) is 0 Å². The second-order valence-corrected chi connectivity index (χ2v) is 6.21. The lowest BCUT2D eigenvalue weighted by molar-refractivity contribution is 0.627. The van der Waals surface area contributed by atoms with Crippen LogP contribution in [0, 0.1) is 12.7 Å². The summed E-state index contributed by atoms with van der Waals surface area (Å²) in [7, 11) is 0. The molecule has 3 nitrogen and oxygen atoms in total. The Balaban J connectivity index is 2.29. The van der Waals surface area contributed by atoms with Crippen LogP contribution in [0.25, 0.3) is 16.9 Å². The van der Waals surface area contributed by atoms with Crippen molar-refractivity contribution in [2.45, 2.75) is 6.92 Å². The summed E-state index contributed by atoms with van der Waals surface area (Å²) in [6.45, 7) is 1.99. The number of hydrogen-bond donors (Lipinski definition) is 1. The molecule has 0 fully saturated rings. The molecule has 20 heavy (non-hydrogen) atoms. The summed E-state index contributed by atoms with van der Waals surface area (Å²) in [4.78, 5) is 4.54. The molecule has 102 valence electrons. The van der Waals surface area contributed by atoms with E-state index in [2.05, 4.69) is 36.8 Å². The maximum atomic E-state index is 13.2. The van der Waals surface area contributed by atoms with Gasteiger partial charge in [-0.15, -0.1) is 0 Å². The zero-order valence-corrected chi connectivity index (χ0v) is 13.7. The lowest BCUT2D eigenvalue weighted by Crippen LogP contribution is -1.95. The molecule has 0 unspecified atom stereocenters. The highest BCUT2D eigenvalue weighted by Gasteiger charge is 2.15. The lowest BCUT2D eigenvalue weighted by atomic mass is 10.1. The summed E-state index contributed by atoms with van der Waals surface area (Å²) in [5, 5.41) is 0. The Morgan fingerprint density at radius 3 is 2.65 bits per heavy atom. The first-order chi connectivity index (χ1) is 9.47. The smallest absolute Gasteiger partial charge is 0.139 e. The van der Waals surface area contributed by atoms with Crippen molar-refractivity contribution < 1.29 is 4.39 Å². The molecule has 2 aromatic heterocycles. The van der Waals surface area contributed by atoms with Crippen LogP contribution in [-0.4, -0.2) is 9.38 Å². The van der Waals surface area contributed by atoms with Crippen molar-refractivity contribution in [3.8, 4) is 11.3 Å². The summed E-state index contributed by atoms with van der Waals surface area (Å²) in [5.74, 6) is 0.217. The van der Waals surface area contributed by atoms with Gasteiger partial charge < -0.3 is 5.73 Å². The summed E-state index contributed by atoms with van der Waals surface area (Å²) >= 11 is 6.83. The van der Waals surface area contributed by atoms with Crippen LogP contribution < -0.4 is 5.73 Å². The number of nitrogens with two attached hydrogens (primary N) is 1. The van der Waals surface area contributed by atoms with Crippen LogP contribution in [0.4, 0.5) is 10.2 Å². The van der Waals surface area contributed by atoms with Crippen molar-refractivity contribution in [2.24, 2.45) is 0 Å². The van der Waals surface area contributed by atoms with Crippen LogP contribution in [0.15, 0.2) is 39.4 Å². The third-order valence-electron chi connectivity index (χ3n) is 3.13. The predicted molar refractivity (Wildman–Crippen MR) is 85.1 cm³/mol. The molecular formula is C14H10Br2FN3. The zero-order valence-electron chi connectivity index (χ0n) is 10.5. The third-order valence-corrected chi connectivity index (χ3v) is 4.61. The van der Waals surface area contributed by atoms with Crippen LogP contribution in [0.1, 0.15) is 5.56 Å². The van der Waals surface area contributed by atoms with Crippen LogP contribution >= 0.6 is 31.9 Å². The number of hydrogen-bond acceptors (Lipinski definition) is 2. The number of nitrogens with zero attached hydrogens (tertiary/aromatic N) is 2. The summed E-state index contributed by atoms with van der Waals surface area (Å²) < 4.78 is 16.6. The Morgan fingerprint density at radius 2 is 1.95 bits per heavy atom. The molecule has 0 aliphatic rings. The van der Waals surface area contributed by atoms with Gasteiger partial charge in [-0.05, 0) is 68.6 Å². The molecule has 6 heteroatoms. The van der Waals surface area contributed by atoms with E-state index in [0.717, 1.165) is 21.2 Å². The van der Waals surface area contributed by atoms with E-state index < -0.39 is 0 Å². The average molecular weight is 399 g/mol. The molecule has 0 aliphatic heterocycles. The van der Waals surface area contributed by atoms with Gasteiger partial charge in [-0.3, -0.25) is 4.40 Å². The molecule has 3 aromatic rings. The van der Waals surface area contributed by atoms with Gasteiger partial charge in [0.15, 0.2) is 0 Å². The van der Waals surface area contributed by atoms with Gasteiger partial charge in [0.2, 0.25) is 0 Å². The number of rotatable bonds is 1. The lowest BCUT2D eigenvalue weighted by Gasteiger charge is -2.03. The van der Waals surface area contributed by atoms with E-state index in [1.807, 2.05) is 23.6 Å². The summed E-state index contributed by atoms with van der Waals surface area (Å²) in [6, 6.07) is 6.41. The Bertz CT molecular complexity index is 827. The first kappa shape index (κ1) is 13.6. The molecule has 0 saturated heterocycles. The minimum atomic E-state index is -0.304. The number of anilines is 1. The number of aromatic nitrogens is 2. The van der Waals surface area contributed by atoms with Crippen molar-refractivity contribution in [3.05, 3.63) is 50.8 Å². The molecule has 3 rings (SSSR count). The highest BCUT2D eigenvalue weighted by molar-refractivity contribution is 9.10. The highest BCUT2D eigenvalue weighted by Crippen LogP contribution is 2.33. The van der Waals surface area contributed by atoms with Crippen LogP contribution in [-0.2, 0) is 0 Å². The van der Waals surface area contributed by atoms with E-state index in [0.29, 0.717) is 16.0 Å². The Labute approximate surface area is 131 Å². The number of imidazole rings is 1. The Kier molecular flexibility index (Phi) is 3.30. The largest absolute Gasteiger partial charge is 0.383 e. The minimum absolute atomic E-state index is 0.304. The number of halogens is 3. The molecule has 0 atom stereocenters. The molecule has 0 amide bonds. The van der Waals surface area contributed by atoms with Crippen molar-refractivity contribution in [1.29, 1.82) is 0 Å². The monoisotopic (exact) mass is 397 g/mol. The molecule has 2 heterocycles. The minimum Gasteiger partial charge on any atom is -0.383 e. The number of benzene rings is 1. The molecule has 0 aliphatic carbocycles. The first-order valence-electron chi connectivity index (χ1n) is 5.86. The quantitative estimate of drug-likeness (QED) is 0.653. The topological polar surface area (TPSA) is 43.3 Å². The second-order valence-electron chi connectivity index (χ2n) is 4.50. The van der Waals surface area contributed by atoms with Gasteiger partial charge in [-0.2, -0.15) is 0 Å². The van der Waals surface area contributed by atoms with E-state index >= 15 is 0 Å². The molecule has 0 saturated carbocycles. The standard InChI is InChI=1S/C14H10Br2FN3/c1-7-4-12-19-13(14(18)20(12)6-11(7)16)9-3-2-8(17)5-10(9)15/h2-6H,18H2,1H3. The van der Waals surface area contributed by atoms with Crippen LogP contribution in [0.5, 0.6) is 0 Å². The maximum Gasteiger partial charge on any atom is 0.139 e. The van der Waals surface area contributed by atoms with Gasteiger partial charge in [0.05, 0.1) is 0 Å². The predicted octanol–water partition coefficient (Wildman–Crippen LogP) is 4.56. The molecule has 2 N–H and O–H groups in total. The zero-order chi connectivity index (χ0) is 14.4. The molecule has 0 spiro atoms. The van der Waals surface area contributed by atoms with Gasteiger partial charge in [0, 0.05) is 20.7 Å². The summed E-state index contributed by atoms with van der Waals surface area (Å²) in [6.07, 6.45) is 1.88. The SMILES string of the molecule is Cc1cc2nc(-c3ccc(F)cc3Br)c(N)n2cc1Br. The first-order valence-corrected chi connectivity index (χ1v) is 7.45. The van der Waals surface area contributed by atoms with E-state index in [1.54, 1.807) is 6.07 Å². The third kappa shape index (κ3) is 2.13. The fourth-order valence-corrected chi connectivity index (χ4v) is 2.92. The number of aryl methyl sites for hydroxylation is 1. The van der Waals surface area contributed by atoms with Gasteiger partial charge in [0.25, 0.3) is 0 Å². The molecular weight excluding hydrogens is 389 g/mol. The molecule has 1 aromatic carbocycles. The second kappa shape index (κ2) is 4.86. The average Bonchev–Trinajstić information content (AvgIpc) is 2.68. The maximum absolute atomic E-state index is 13.2. The summed E-state index contributed by atoms with van der Waals surface area (Å²) in [5.41, 5.74) is 9.40. The van der Waals surface area contributed by atoms with Gasteiger partial charge >= 0.3 is 0 Å². The van der Waals surface area contributed by atoms with Crippen molar-refractivity contribution in [2.75, 3.05) is 5.73 Å². The normalized spacial score (nSPS) is 11.2. The number of fused-ring (bicyclic) bond motifs is 1. The van der Waals surface area contributed by atoms with Gasteiger partial charge in [-0.25, -0.2) is 9.37 Å². The van der Waals surface area contributed by atoms with Crippen molar-refractivity contribution in [3.63, 3.8) is 0 Å².